The maximum atomic E-state index is 12.8. The summed E-state index contributed by atoms with van der Waals surface area (Å²) in [6.45, 7) is 1.18. The van der Waals surface area contributed by atoms with Gasteiger partial charge in [-0.05, 0) is 18.9 Å². The predicted octanol–water partition coefficient (Wildman–Crippen LogP) is 1.25. The average molecular weight is 302 g/mol. The van der Waals surface area contributed by atoms with Crippen LogP contribution >= 0.6 is 0 Å². The number of aromatic nitrogens is 3. The van der Waals surface area contributed by atoms with Gasteiger partial charge in [-0.15, -0.1) is 10.2 Å². The number of hydrogen-bond acceptors (Lipinski definition) is 5. The van der Waals surface area contributed by atoms with E-state index in [-0.39, 0.29) is 18.0 Å². The van der Waals surface area contributed by atoms with Crippen molar-refractivity contribution >= 4 is 5.91 Å². The number of fused-ring (bicyclic) bond motifs is 3. The smallest absolute Gasteiger partial charge is 0.257 e. The van der Waals surface area contributed by atoms with Crippen molar-refractivity contribution in [1.82, 2.24) is 19.7 Å². The van der Waals surface area contributed by atoms with Crippen molar-refractivity contribution in [2.24, 2.45) is 0 Å². The van der Waals surface area contributed by atoms with Crippen molar-refractivity contribution in [3.8, 4) is 0 Å². The largest absolute Gasteiger partial charge is 0.472 e. The van der Waals surface area contributed by atoms with Gasteiger partial charge in [0.05, 0.1) is 17.9 Å². The molecule has 0 unspecified atom stereocenters. The summed E-state index contributed by atoms with van der Waals surface area (Å²) in [4.78, 5) is 14.8. The summed E-state index contributed by atoms with van der Waals surface area (Å²) in [6, 6.07) is 2.09. The van der Waals surface area contributed by atoms with Crippen LogP contribution in [0.1, 0.15) is 34.8 Å². The molecule has 2 atom stereocenters. The summed E-state index contributed by atoms with van der Waals surface area (Å²) < 4.78 is 12.4. The quantitative estimate of drug-likeness (QED) is 0.853. The van der Waals surface area contributed by atoms with Crippen LogP contribution in [-0.4, -0.2) is 44.8 Å². The van der Waals surface area contributed by atoms with Gasteiger partial charge in [0.2, 0.25) is 0 Å². The van der Waals surface area contributed by atoms with Crippen LogP contribution in [0, 0.1) is 0 Å². The number of ether oxygens (including phenoxy) is 1. The molecule has 2 aliphatic rings. The lowest BCUT2D eigenvalue weighted by Crippen LogP contribution is -2.42. The van der Waals surface area contributed by atoms with Crippen LogP contribution in [0.2, 0.25) is 0 Å². The molecule has 4 heterocycles. The van der Waals surface area contributed by atoms with Crippen LogP contribution in [0.15, 0.2) is 23.0 Å². The maximum Gasteiger partial charge on any atom is 0.257 e. The van der Waals surface area contributed by atoms with Crippen LogP contribution < -0.4 is 0 Å². The molecule has 1 amide bonds. The minimum absolute atomic E-state index is 0.0493. The van der Waals surface area contributed by atoms with Crippen LogP contribution in [0.25, 0.3) is 0 Å². The van der Waals surface area contributed by atoms with Crippen LogP contribution in [-0.2, 0) is 24.3 Å². The zero-order chi connectivity index (χ0) is 15.1. The lowest BCUT2D eigenvalue weighted by molar-refractivity contribution is 0.0663. The van der Waals surface area contributed by atoms with Gasteiger partial charge in [-0.1, -0.05) is 0 Å². The summed E-state index contributed by atoms with van der Waals surface area (Å²) >= 11 is 0. The molecule has 2 aromatic rings. The van der Waals surface area contributed by atoms with Crippen molar-refractivity contribution < 1.29 is 13.9 Å². The van der Waals surface area contributed by atoms with E-state index in [4.69, 9.17) is 9.15 Å². The minimum Gasteiger partial charge on any atom is -0.472 e. The van der Waals surface area contributed by atoms with Gasteiger partial charge in [-0.3, -0.25) is 4.79 Å². The molecular weight excluding hydrogens is 284 g/mol. The fraction of sp³-hybridized carbons (Fsp3) is 0.533. The van der Waals surface area contributed by atoms with Gasteiger partial charge < -0.3 is 18.6 Å². The Kier molecular flexibility index (Phi) is 3.22. The van der Waals surface area contributed by atoms with Gasteiger partial charge in [-0.25, -0.2) is 0 Å². The maximum absolute atomic E-state index is 12.8. The van der Waals surface area contributed by atoms with Crippen molar-refractivity contribution in [3.63, 3.8) is 0 Å². The van der Waals surface area contributed by atoms with E-state index in [0.29, 0.717) is 12.2 Å². The monoisotopic (exact) mass is 302 g/mol. The predicted molar refractivity (Wildman–Crippen MR) is 76.1 cm³/mol. The second kappa shape index (κ2) is 5.24. The molecule has 0 N–H and O–H groups in total. The van der Waals surface area contributed by atoms with Gasteiger partial charge in [0.1, 0.15) is 18.7 Å². The lowest BCUT2D eigenvalue weighted by atomic mass is 10.1. The number of amides is 1. The summed E-state index contributed by atoms with van der Waals surface area (Å²) in [7, 11) is 1.65. The summed E-state index contributed by atoms with van der Waals surface area (Å²) in [5.41, 5.74) is 0.617. The van der Waals surface area contributed by atoms with Crippen molar-refractivity contribution in [2.75, 3.05) is 7.11 Å². The molecule has 0 saturated carbocycles. The molecule has 0 aromatic carbocycles. The van der Waals surface area contributed by atoms with Crippen molar-refractivity contribution in [1.29, 1.82) is 0 Å². The average Bonchev–Trinajstić information content (AvgIpc) is 3.20. The van der Waals surface area contributed by atoms with E-state index >= 15 is 0 Å². The second-order valence-corrected chi connectivity index (χ2v) is 5.89. The molecule has 2 bridgehead atoms. The number of methoxy groups -OCH3 is 1. The third kappa shape index (κ3) is 2.04. The van der Waals surface area contributed by atoms with Gasteiger partial charge >= 0.3 is 0 Å². The Hall–Kier alpha value is -2.15. The Morgan fingerprint density at radius 3 is 3.05 bits per heavy atom. The Bertz CT molecular complexity index is 679. The normalized spacial score (nSPS) is 23.4. The number of nitrogens with zero attached hydrogens (tertiary/aromatic N) is 4. The highest BCUT2D eigenvalue weighted by molar-refractivity contribution is 5.94. The fourth-order valence-electron chi connectivity index (χ4n) is 3.60. The first-order chi connectivity index (χ1) is 10.8. The van der Waals surface area contributed by atoms with E-state index < -0.39 is 0 Å². The molecule has 22 heavy (non-hydrogen) atoms. The van der Waals surface area contributed by atoms with E-state index in [9.17, 15) is 4.79 Å². The Labute approximate surface area is 127 Å². The molecule has 116 valence electrons. The van der Waals surface area contributed by atoms with Crippen LogP contribution in [0.4, 0.5) is 0 Å². The third-order valence-electron chi connectivity index (χ3n) is 4.61. The van der Waals surface area contributed by atoms with Crippen molar-refractivity contribution in [2.45, 2.75) is 44.5 Å². The molecule has 1 fully saturated rings. The van der Waals surface area contributed by atoms with Gasteiger partial charge in [0.25, 0.3) is 5.91 Å². The molecule has 0 spiro atoms. The van der Waals surface area contributed by atoms with Crippen LogP contribution in [0.3, 0.4) is 0 Å². The van der Waals surface area contributed by atoms with Gasteiger partial charge in [0, 0.05) is 26.1 Å². The van der Waals surface area contributed by atoms with E-state index in [1.807, 2.05) is 4.90 Å². The molecule has 1 saturated heterocycles. The number of rotatable bonds is 3. The highest BCUT2D eigenvalue weighted by Gasteiger charge is 2.41. The number of carbonyl (C=O) groups is 1. The molecule has 7 nitrogen and oxygen atoms in total. The molecule has 4 rings (SSSR count). The standard InChI is InChI=1S/C15H18N4O3/c1-21-9-14-17-16-13-6-11-2-3-12(7-18(13)14)19(11)15(20)10-4-5-22-8-10/h4-5,8,11-12H,2-3,6-7,9H2,1H3/t11-,12+/m0/s1. The number of furan rings is 1. The SMILES string of the molecule is COCc1nnc2n1C[C@H]1CC[C@@H](C2)N1C(=O)c1ccoc1. The first kappa shape index (κ1) is 13.5. The summed E-state index contributed by atoms with van der Waals surface area (Å²) in [6.07, 6.45) is 5.83. The number of carbonyl (C=O) groups excluding carboxylic acids is 1. The van der Waals surface area contributed by atoms with E-state index in [0.717, 1.165) is 37.5 Å². The molecule has 2 aliphatic heterocycles. The molecule has 7 heteroatoms. The summed E-state index contributed by atoms with van der Waals surface area (Å²) in [5.74, 6) is 1.83. The molecular formula is C15H18N4O3. The zero-order valence-electron chi connectivity index (χ0n) is 12.4. The van der Waals surface area contributed by atoms with Crippen molar-refractivity contribution in [3.05, 3.63) is 35.8 Å². The fourth-order valence-corrected chi connectivity index (χ4v) is 3.60. The van der Waals surface area contributed by atoms with E-state index in [1.54, 1.807) is 19.4 Å². The molecule has 2 aromatic heterocycles. The topological polar surface area (TPSA) is 73.4 Å². The Balaban J connectivity index is 1.65. The zero-order valence-corrected chi connectivity index (χ0v) is 12.4. The Morgan fingerprint density at radius 2 is 2.27 bits per heavy atom. The first-order valence-corrected chi connectivity index (χ1v) is 7.52. The second-order valence-electron chi connectivity index (χ2n) is 5.89. The van der Waals surface area contributed by atoms with Gasteiger partial charge in [0.15, 0.2) is 5.82 Å². The minimum atomic E-state index is 0.0493. The Morgan fingerprint density at radius 1 is 1.41 bits per heavy atom. The summed E-state index contributed by atoms with van der Waals surface area (Å²) in [5, 5.41) is 8.50. The first-order valence-electron chi connectivity index (χ1n) is 7.52. The van der Waals surface area contributed by atoms with E-state index in [2.05, 4.69) is 14.8 Å². The third-order valence-corrected chi connectivity index (χ3v) is 4.61. The van der Waals surface area contributed by atoms with E-state index in [1.165, 1.54) is 6.26 Å². The highest BCUT2D eigenvalue weighted by Crippen LogP contribution is 2.32. The molecule has 0 radical (unpaired) electrons. The number of hydrogen-bond donors (Lipinski definition) is 0. The lowest BCUT2D eigenvalue weighted by Gasteiger charge is -2.27. The molecule has 0 aliphatic carbocycles. The van der Waals surface area contributed by atoms with Gasteiger partial charge in [-0.2, -0.15) is 0 Å². The highest BCUT2D eigenvalue weighted by atomic mass is 16.5. The van der Waals surface area contributed by atoms with Crippen LogP contribution in [0.5, 0.6) is 0 Å².